The van der Waals surface area contributed by atoms with Crippen molar-refractivity contribution < 1.29 is 13.2 Å². The lowest BCUT2D eigenvalue weighted by Gasteiger charge is -2.33. The number of carbonyl (C=O) groups is 1. The number of likely N-dealkylation sites (tertiary alicyclic amines) is 1. The Hall–Kier alpha value is -1.16. The van der Waals surface area contributed by atoms with Crippen LogP contribution < -0.4 is 5.73 Å². The van der Waals surface area contributed by atoms with Gasteiger partial charge in [0.05, 0.1) is 17.3 Å². The third-order valence-corrected chi connectivity index (χ3v) is 7.06. The van der Waals surface area contributed by atoms with E-state index in [1.54, 1.807) is 18.7 Å². The number of piperidine rings is 1. The zero-order valence-electron chi connectivity index (χ0n) is 14.6. The van der Waals surface area contributed by atoms with Gasteiger partial charge in [-0.2, -0.15) is 9.40 Å². The maximum atomic E-state index is 13.0. The lowest BCUT2D eigenvalue weighted by molar-refractivity contribution is -0.135. The number of aromatic amines is 1. The Morgan fingerprint density at radius 3 is 2.52 bits per heavy atom. The lowest BCUT2D eigenvalue weighted by atomic mass is 9.98. The van der Waals surface area contributed by atoms with Crippen LogP contribution in [0.25, 0.3) is 0 Å². The average Bonchev–Trinajstić information content (AvgIpc) is 3.12. The van der Waals surface area contributed by atoms with Crippen LogP contribution in [0.5, 0.6) is 0 Å². The van der Waals surface area contributed by atoms with Gasteiger partial charge < -0.3 is 10.6 Å². The van der Waals surface area contributed by atoms with E-state index in [2.05, 4.69) is 10.2 Å². The Kier molecular flexibility index (Phi) is 6.13. The molecule has 0 spiro atoms. The Balaban J connectivity index is 0.00000225. The van der Waals surface area contributed by atoms with Gasteiger partial charge in [-0.05, 0) is 33.1 Å². The van der Waals surface area contributed by atoms with Gasteiger partial charge in [0.25, 0.3) is 0 Å². The third-order valence-electron chi connectivity index (χ3n) is 4.93. The number of hydrogen-bond donors (Lipinski definition) is 2. The summed E-state index contributed by atoms with van der Waals surface area (Å²) in [6, 6.07) is 0.0357. The Morgan fingerprint density at radius 2 is 1.96 bits per heavy atom. The van der Waals surface area contributed by atoms with Gasteiger partial charge in [-0.25, -0.2) is 8.42 Å². The van der Waals surface area contributed by atoms with Crippen LogP contribution in [0.3, 0.4) is 0 Å². The van der Waals surface area contributed by atoms with E-state index in [9.17, 15) is 13.2 Å². The van der Waals surface area contributed by atoms with Gasteiger partial charge >= 0.3 is 0 Å². The molecule has 2 atom stereocenters. The number of carbonyl (C=O) groups excluding carboxylic acids is 1. The van der Waals surface area contributed by atoms with E-state index < -0.39 is 10.0 Å². The summed E-state index contributed by atoms with van der Waals surface area (Å²) in [5.74, 6) is -0.255. The van der Waals surface area contributed by atoms with Gasteiger partial charge in [0.1, 0.15) is 4.90 Å². The normalized spacial score (nSPS) is 25.0. The van der Waals surface area contributed by atoms with Gasteiger partial charge in [0, 0.05) is 32.2 Å². The summed E-state index contributed by atoms with van der Waals surface area (Å²) < 4.78 is 27.3. The summed E-state index contributed by atoms with van der Waals surface area (Å²) in [6.45, 7) is 5.29. The predicted octanol–water partition coefficient (Wildman–Crippen LogP) is 0.409. The van der Waals surface area contributed by atoms with Crippen molar-refractivity contribution in [2.75, 3.05) is 26.2 Å². The summed E-state index contributed by atoms with van der Waals surface area (Å²) in [5, 5.41) is 6.70. The number of nitrogens with one attached hydrogen (secondary N) is 1. The minimum absolute atomic E-state index is 0. The molecule has 3 heterocycles. The molecular formula is C15H26ClN5O3S. The zero-order chi connectivity index (χ0) is 17.5. The molecule has 8 nitrogen and oxygen atoms in total. The minimum Gasteiger partial charge on any atom is -0.341 e. The molecule has 25 heavy (non-hydrogen) atoms. The van der Waals surface area contributed by atoms with E-state index in [0.29, 0.717) is 37.4 Å². The number of aryl methyl sites for hydroxylation is 2. The fourth-order valence-corrected chi connectivity index (χ4v) is 5.51. The second kappa shape index (κ2) is 7.61. The number of halogens is 1. The summed E-state index contributed by atoms with van der Waals surface area (Å²) in [4.78, 5) is 14.7. The van der Waals surface area contributed by atoms with E-state index in [-0.39, 0.29) is 41.7 Å². The van der Waals surface area contributed by atoms with E-state index in [4.69, 9.17) is 5.73 Å². The van der Waals surface area contributed by atoms with Gasteiger partial charge in [0.15, 0.2) is 0 Å². The zero-order valence-corrected chi connectivity index (χ0v) is 16.2. The van der Waals surface area contributed by atoms with Crippen LogP contribution in [0.4, 0.5) is 0 Å². The molecule has 142 valence electrons. The first-order chi connectivity index (χ1) is 11.3. The van der Waals surface area contributed by atoms with Crippen molar-refractivity contribution in [3.05, 3.63) is 11.4 Å². The summed E-state index contributed by atoms with van der Waals surface area (Å²) in [7, 11) is -3.64. The number of aromatic nitrogens is 2. The van der Waals surface area contributed by atoms with Crippen LogP contribution in [0, 0.1) is 19.8 Å². The van der Waals surface area contributed by atoms with Crippen LogP contribution in [0.15, 0.2) is 4.90 Å². The minimum atomic E-state index is -3.64. The monoisotopic (exact) mass is 391 g/mol. The van der Waals surface area contributed by atoms with Gasteiger partial charge in [-0.15, -0.1) is 12.4 Å². The average molecular weight is 392 g/mol. The van der Waals surface area contributed by atoms with E-state index in [0.717, 1.165) is 12.8 Å². The molecule has 0 radical (unpaired) electrons. The fourth-order valence-electron chi connectivity index (χ4n) is 3.66. The standard InChI is InChI=1S/C15H25N5O3S.ClH/c1-10-14(11(2)18-17-10)24(22,23)20-6-3-4-12(8-20)15(21)19-7-5-13(16)9-19;/h12-13H,3-9,16H2,1-2H3,(H,17,18);1H/t12?,13-;/m1./s1. The van der Waals surface area contributed by atoms with E-state index >= 15 is 0 Å². The first-order valence-corrected chi connectivity index (χ1v) is 9.80. The molecule has 2 saturated heterocycles. The van der Waals surface area contributed by atoms with Crippen molar-refractivity contribution in [3.8, 4) is 0 Å². The first kappa shape index (κ1) is 20.2. The van der Waals surface area contributed by atoms with Crippen LogP contribution in [0.1, 0.15) is 30.7 Å². The SMILES string of the molecule is Cc1n[nH]c(C)c1S(=O)(=O)N1CCCC(C(=O)N2CC[C@@H](N)C2)C1.Cl. The third kappa shape index (κ3) is 3.84. The number of hydrogen-bond acceptors (Lipinski definition) is 5. The van der Waals surface area contributed by atoms with Gasteiger partial charge in [-0.3, -0.25) is 9.89 Å². The van der Waals surface area contributed by atoms with E-state index in [1.165, 1.54) is 4.31 Å². The summed E-state index contributed by atoms with van der Waals surface area (Å²) in [6.07, 6.45) is 2.22. The van der Waals surface area contributed by atoms with Crippen molar-refractivity contribution in [1.82, 2.24) is 19.4 Å². The molecular weight excluding hydrogens is 366 g/mol. The molecule has 1 aromatic heterocycles. The molecule has 0 aromatic carbocycles. The summed E-state index contributed by atoms with van der Waals surface area (Å²) in [5.41, 5.74) is 6.87. The van der Waals surface area contributed by atoms with Crippen LogP contribution in [0.2, 0.25) is 0 Å². The van der Waals surface area contributed by atoms with Crippen molar-refractivity contribution >= 4 is 28.3 Å². The van der Waals surface area contributed by atoms with Gasteiger partial charge in [0.2, 0.25) is 15.9 Å². The Morgan fingerprint density at radius 1 is 1.24 bits per heavy atom. The highest BCUT2D eigenvalue weighted by Gasteiger charge is 2.38. The molecule has 3 N–H and O–H groups in total. The topological polar surface area (TPSA) is 112 Å². The van der Waals surface area contributed by atoms with Crippen LogP contribution in [-0.4, -0.2) is 65.9 Å². The quantitative estimate of drug-likeness (QED) is 0.774. The van der Waals surface area contributed by atoms with Crippen molar-refractivity contribution in [3.63, 3.8) is 0 Å². The molecule has 3 rings (SSSR count). The molecule has 2 fully saturated rings. The number of H-pyrrole nitrogens is 1. The number of rotatable bonds is 3. The molecule has 1 amide bonds. The highest BCUT2D eigenvalue weighted by atomic mass is 35.5. The van der Waals surface area contributed by atoms with Crippen molar-refractivity contribution in [1.29, 1.82) is 0 Å². The van der Waals surface area contributed by atoms with Crippen molar-refractivity contribution in [2.24, 2.45) is 11.7 Å². The number of nitrogens with zero attached hydrogens (tertiary/aromatic N) is 3. The Bertz CT molecular complexity index is 716. The first-order valence-electron chi connectivity index (χ1n) is 8.36. The largest absolute Gasteiger partial charge is 0.341 e. The van der Waals surface area contributed by atoms with Crippen LogP contribution >= 0.6 is 12.4 Å². The maximum absolute atomic E-state index is 13.0. The number of amides is 1. The second-order valence-electron chi connectivity index (χ2n) is 6.80. The molecule has 2 aliphatic rings. The number of sulfonamides is 1. The molecule has 0 aliphatic carbocycles. The lowest BCUT2D eigenvalue weighted by Crippen LogP contribution is -2.46. The fraction of sp³-hybridized carbons (Fsp3) is 0.733. The molecule has 0 bridgehead atoms. The molecule has 2 aliphatic heterocycles. The smallest absolute Gasteiger partial charge is 0.246 e. The predicted molar refractivity (Wildman–Crippen MR) is 96.0 cm³/mol. The maximum Gasteiger partial charge on any atom is 0.246 e. The van der Waals surface area contributed by atoms with Gasteiger partial charge in [-0.1, -0.05) is 0 Å². The molecule has 0 saturated carbocycles. The Labute approximate surface area is 154 Å². The second-order valence-corrected chi connectivity index (χ2v) is 8.67. The molecule has 1 aromatic rings. The molecule has 1 unspecified atom stereocenters. The highest BCUT2D eigenvalue weighted by Crippen LogP contribution is 2.28. The highest BCUT2D eigenvalue weighted by molar-refractivity contribution is 7.89. The van der Waals surface area contributed by atoms with E-state index in [1.807, 2.05) is 0 Å². The summed E-state index contributed by atoms with van der Waals surface area (Å²) >= 11 is 0. The van der Waals surface area contributed by atoms with Crippen LogP contribution in [-0.2, 0) is 14.8 Å². The molecule has 10 heteroatoms. The number of nitrogens with two attached hydrogens (primary N) is 1. The van der Waals surface area contributed by atoms with Crippen molar-refractivity contribution in [2.45, 2.75) is 44.0 Å².